The quantitative estimate of drug-likeness (QED) is 0.698. The molecule has 140 valence electrons. The Morgan fingerprint density at radius 3 is 2.80 bits per heavy atom. The van der Waals surface area contributed by atoms with Crippen LogP contribution in [0.3, 0.4) is 0 Å². The van der Waals surface area contributed by atoms with Gasteiger partial charge in [-0.25, -0.2) is 8.42 Å². The molecule has 2 saturated heterocycles. The summed E-state index contributed by atoms with van der Waals surface area (Å²) in [5.41, 5.74) is 0. The maximum absolute atomic E-state index is 12.5. The number of carbonyl (C=O) groups is 1. The molecule has 0 aromatic carbocycles. The van der Waals surface area contributed by atoms with Crippen molar-refractivity contribution in [1.29, 1.82) is 0 Å². The van der Waals surface area contributed by atoms with Gasteiger partial charge in [-0.3, -0.25) is 4.79 Å². The molecule has 1 amide bonds. The highest BCUT2D eigenvalue weighted by Gasteiger charge is 2.30. The molecule has 2 aliphatic heterocycles. The number of amides is 1. The van der Waals surface area contributed by atoms with Gasteiger partial charge in [0.1, 0.15) is 16.9 Å². The Labute approximate surface area is 153 Å². The number of quaternary nitrogens is 1. The molecule has 0 unspecified atom stereocenters. The van der Waals surface area contributed by atoms with Crippen LogP contribution in [-0.4, -0.2) is 82.6 Å². The number of thiophene rings is 1. The van der Waals surface area contributed by atoms with E-state index < -0.39 is 10.0 Å². The van der Waals surface area contributed by atoms with Gasteiger partial charge < -0.3 is 14.5 Å². The van der Waals surface area contributed by atoms with Crippen LogP contribution in [0.15, 0.2) is 21.7 Å². The largest absolute Gasteiger partial charge is 0.372 e. The summed E-state index contributed by atoms with van der Waals surface area (Å²) in [6.07, 6.45) is 2.64. The normalized spacial score (nSPS) is 22.6. The Morgan fingerprint density at radius 2 is 2.20 bits per heavy atom. The lowest BCUT2D eigenvalue weighted by Crippen LogP contribution is -3.15. The standard InChI is InChI=1S/C16H25N3O4S2/c1-17(25(21,22)16-5-3-11-24-16)13-15(20)19-8-6-18(7-9-19)12-14-4-2-10-23-14/h3,5,11,14H,2,4,6-10,12-13H2,1H3/p+1/t14-/m0/s1. The molecule has 1 aromatic heterocycles. The lowest BCUT2D eigenvalue weighted by Gasteiger charge is -2.33. The van der Waals surface area contributed by atoms with Crippen molar-refractivity contribution in [2.24, 2.45) is 0 Å². The molecule has 3 rings (SSSR count). The Hall–Kier alpha value is -1.00. The second kappa shape index (κ2) is 8.13. The molecule has 1 atom stereocenters. The highest BCUT2D eigenvalue weighted by atomic mass is 32.2. The summed E-state index contributed by atoms with van der Waals surface area (Å²) >= 11 is 1.17. The number of hydrogen-bond acceptors (Lipinski definition) is 5. The lowest BCUT2D eigenvalue weighted by molar-refractivity contribution is -0.906. The summed E-state index contributed by atoms with van der Waals surface area (Å²) in [6.45, 7) is 4.91. The summed E-state index contributed by atoms with van der Waals surface area (Å²) in [5, 5.41) is 1.72. The third-order valence-corrected chi connectivity index (χ3v) is 8.06. The number of likely N-dealkylation sites (N-methyl/N-ethyl adjacent to an activating group) is 1. The van der Waals surface area contributed by atoms with E-state index >= 15 is 0 Å². The van der Waals surface area contributed by atoms with Gasteiger partial charge in [0.15, 0.2) is 0 Å². The number of carbonyl (C=O) groups excluding carboxylic acids is 1. The van der Waals surface area contributed by atoms with E-state index in [2.05, 4.69) is 0 Å². The minimum Gasteiger partial charge on any atom is -0.372 e. The SMILES string of the molecule is CN(CC(=O)N1CC[NH+](C[C@@H]2CCCO2)CC1)S(=O)(=O)c1cccs1. The number of sulfonamides is 1. The Morgan fingerprint density at radius 1 is 1.44 bits per heavy atom. The predicted octanol–water partition coefficient (Wildman–Crippen LogP) is -0.725. The number of hydrogen-bond donors (Lipinski definition) is 1. The first-order valence-corrected chi connectivity index (χ1v) is 11.0. The zero-order valence-corrected chi connectivity index (χ0v) is 16.2. The van der Waals surface area contributed by atoms with Crippen molar-refractivity contribution >= 4 is 27.3 Å². The van der Waals surface area contributed by atoms with Crippen LogP contribution >= 0.6 is 11.3 Å². The van der Waals surface area contributed by atoms with E-state index in [0.29, 0.717) is 19.2 Å². The first-order valence-electron chi connectivity index (χ1n) is 8.69. The number of piperazine rings is 1. The van der Waals surface area contributed by atoms with Crippen LogP contribution in [0.1, 0.15) is 12.8 Å². The van der Waals surface area contributed by atoms with Crippen LogP contribution in [0.2, 0.25) is 0 Å². The van der Waals surface area contributed by atoms with Crippen molar-refractivity contribution in [3.8, 4) is 0 Å². The molecule has 0 spiro atoms. The van der Waals surface area contributed by atoms with Crippen LogP contribution in [0.4, 0.5) is 0 Å². The van der Waals surface area contributed by atoms with Gasteiger partial charge in [0.25, 0.3) is 10.0 Å². The zero-order chi connectivity index (χ0) is 17.9. The maximum Gasteiger partial charge on any atom is 0.252 e. The molecule has 0 saturated carbocycles. The number of nitrogens with one attached hydrogen (secondary N) is 1. The minimum atomic E-state index is -3.57. The van der Waals surface area contributed by atoms with E-state index in [1.165, 1.54) is 23.3 Å². The van der Waals surface area contributed by atoms with Gasteiger partial charge in [-0.1, -0.05) is 6.07 Å². The van der Waals surface area contributed by atoms with Gasteiger partial charge in [0.2, 0.25) is 5.91 Å². The Kier molecular flexibility index (Phi) is 6.11. The number of nitrogens with zero attached hydrogens (tertiary/aromatic N) is 2. The third kappa shape index (κ3) is 4.59. The van der Waals surface area contributed by atoms with Crippen molar-refractivity contribution in [2.45, 2.75) is 23.2 Å². The highest BCUT2D eigenvalue weighted by molar-refractivity contribution is 7.91. The smallest absolute Gasteiger partial charge is 0.252 e. The molecule has 25 heavy (non-hydrogen) atoms. The van der Waals surface area contributed by atoms with Crippen molar-refractivity contribution in [2.75, 3.05) is 52.9 Å². The summed E-state index contributed by atoms with van der Waals surface area (Å²) in [5.74, 6) is -0.126. The number of ether oxygens (including phenoxy) is 1. The van der Waals surface area contributed by atoms with Crippen LogP contribution in [0, 0.1) is 0 Å². The molecule has 7 nitrogen and oxygen atoms in total. The molecule has 1 aromatic rings. The Bertz CT molecular complexity index is 664. The molecule has 9 heteroatoms. The van der Waals surface area contributed by atoms with Crippen LogP contribution in [-0.2, 0) is 19.6 Å². The molecule has 0 bridgehead atoms. The predicted molar refractivity (Wildman–Crippen MR) is 95.3 cm³/mol. The average molecular weight is 389 g/mol. The van der Waals surface area contributed by atoms with Crippen molar-refractivity contribution in [3.05, 3.63) is 17.5 Å². The van der Waals surface area contributed by atoms with Crippen molar-refractivity contribution in [1.82, 2.24) is 9.21 Å². The summed E-state index contributed by atoms with van der Waals surface area (Å²) in [6, 6.07) is 3.26. The van der Waals surface area contributed by atoms with Gasteiger partial charge in [0.05, 0.1) is 32.7 Å². The first kappa shape index (κ1) is 18.8. The van der Waals surface area contributed by atoms with E-state index in [9.17, 15) is 13.2 Å². The molecule has 2 fully saturated rings. The van der Waals surface area contributed by atoms with E-state index in [1.54, 1.807) is 22.4 Å². The van der Waals surface area contributed by atoms with E-state index in [4.69, 9.17) is 4.74 Å². The van der Waals surface area contributed by atoms with Crippen LogP contribution < -0.4 is 4.90 Å². The average Bonchev–Trinajstić information content (AvgIpc) is 3.29. The lowest BCUT2D eigenvalue weighted by atomic mass is 10.2. The molecule has 1 N–H and O–H groups in total. The summed E-state index contributed by atoms with van der Waals surface area (Å²) in [7, 11) is -2.11. The fourth-order valence-corrected chi connectivity index (χ4v) is 5.66. The van der Waals surface area contributed by atoms with Gasteiger partial charge >= 0.3 is 0 Å². The molecular formula is C16H26N3O4S2+. The molecular weight excluding hydrogens is 362 g/mol. The van der Waals surface area contributed by atoms with Crippen molar-refractivity contribution < 1.29 is 22.8 Å². The topological polar surface area (TPSA) is 71.4 Å². The second-order valence-electron chi connectivity index (χ2n) is 6.66. The van der Waals surface area contributed by atoms with E-state index in [1.807, 2.05) is 0 Å². The van der Waals surface area contributed by atoms with Gasteiger partial charge in [0, 0.05) is 13.7 Å². The third-order valence-electron chi connectivity index (χ3n) is 4.88. The number of rotatable bonds is 6. The van der Waals surface area contributed by atoms with Crippen LogP contribution in [0.25, 0.3) is 0 Å². The van der Waals surface area contributed by atoms with Gasteiger partial charge in [-0.2, -0.15) is 4.31 Å². The molecule has 3 heterocycles. The fraction of sp³-hybridized carbons (Fsp3) is 0.688. The molecule has 0 aliphatic carbocycles. The highest BCUT2D eigenvalue weighted by Crippen LogP contribution is 2.19. The zero-order valence-electron chi connectivity index (χ0n) is 14.5. The summed E-state index contributed by atoms with van der Waals surface area (Å²) < 4.78 is 31.9. The second-order valence-corrected chi connectivity index (χ2v) is 9.88. The summed E-state index contributed by atoms with van der Waals surface area (Å²) in [4.78, 5) is 15.7. The molecule has 0 radical (unpaired) electrons. The molecule has 2 aliphatic rings. The fourth-order valence-electron chi connectivity index (χ4n) is 3.34. The van der Waals surface area contributed by atoms with Gasteiger partial charge in [-0.15, -0.1) is 11.3 Å². The Balaban J connectivity index is 1.47. The van der Waals surface area contributed by atoms with Crippen LogP contribution in [0.5, 0.6) is 0 Å². The monoisotopic (exact) mass is 388 g/mol. The first-order chi connectivity index (χ1) is 12.0. The van der Waals surface area contributed by atoms with E-state index in [0.717, 1.165) is 43.4 Å². The van der Waals surface area contributed by atoms with E-state index in [-0.39, 0.29) is 16.7 Å². The van der Waals surface area contributed by atoms with Gasteiger partial charge in [-0.05, 0) is 24.3 Å². The van der Waals surface area contributed by atoms with Crippen molar-refractivity contribution in [3.63, 3.8) is 0 Å². The minimum absolute atomic E-state index is 0.110. The maximum atomic E-state index is 12.5.